The molecule has 10 nitrogen and oxygen atoms in total. The zero-order valence-electron chi connectivity index (χ0n) is 18.5. The predicted molar refractivity (Wildman–Crippen MR) is 123 cm³/mol. The number of amides is 2. The van der Waals surface area contributed by atoms with E-state index in [1.807, 2.05) is 24.3 Å². The van der Waals surface area contributed by atoms with E-state index >= 15 is 0 Å². The van der Waals surface area contributed by atoms with Gasteiger partial charge in [0.25, 0.3) is 0 Å². The minimum Gasteiger partial charge on any atom is -0.469 e. The Balaban J connectivity index is 1.34. The number of hydrogen-bond donors (Lipinski definition) is 4. The molecule has 1 aromatic carbocycles. The predicted octanol–water partition coefficient (Wildman–Crippen LogP) is 2.08. The molecule has 0 saturated carbocycles. The Bertz CT molecular complexity index is 1040. The number of methoxy groups -OCH3 is 1. The molecule has 33 heavy (non-hydrogen) atoms. The molecule has 10 heteroatoms. The summed E-state index contributed by atoms with van der Waals surface area (Å²) in [5.41, 5.74) is 2.55. The van der Waals surface area contributed by atoms with Crippen LogP contribution >= 0.6 is 0 Å². The highest BCUT2D eigenvalue weighted by molar-refractivity contribution is 5.85. The molecule has 0 aliphatic carbocycles. The number of aromatic amines is 1. The third-order valence-corrected chi connectivity index (χ3v) is 4.98. The molecule has 4 N–H and O–H groups in total. The van der Waals surface area contributed by atoms with Gasteiger partial charge in [0.15, 0.2) is 0 Å². The second-order valence-electron chi connectivity index (χ2n) is 7.45. The fourth-order valence-corrected chi connectivity index (χ4v) is 3.25. The Morgan fingerprint density at radius 3 is 2.70 bits per heavy atom. The molecule has 0 bridgehead atoms. The molecule has 0 radical (unpaired) electrons. The monoisotopic (exact) mass is 452 g/mol. The third-order valence-electron chi connectivity index (χ3n) is 4.98. The van der Waals surface area contributed by atoms with Crippen LogP contribution in [0.25, 0.3) is 11.0 Å². The number of anilines is 1. The average Bonchev–Trinajstić information content (AvgIpc) is 3.25. The summed E-state index contributed by atoms with van der Waals surface area (Å²) < 4.78 is 4.70. The largest absolute Gasteiger partial charge is 0.469 e. The van der Waals surface area contributed by atoms with E-state index in [2.05, 4.69) is 30.9 Å². The molecule has 1 atom stereocenters. The number of fused-ring (bicyclic) bond motifs is 1. The second-order valence-corrected chi connectivity index (χ2v) is 7.45. The zero-order valence-corrected chi connectivity index (χ0v) is 18.5. The number of pyridine rings is 1. The first kappa shape index (κ1) is 23.7. The highest BCUT2D eigenvalue weighted by atomic mass is 16.5. The molecular formula is C23H28N6O4. The lowest BCUT2D eigenvalue weighted by molar-refractivity contribution is -0.141. The number of aromatic nitrogens is 3. The molecule has 3 aromatic rings. The van der Waals surface area contributed by atoms with Gasteiger partial charge in [-0.15, -0.1) is 0 Å². The van der Waals surface area contributed by atoms with Crippen LogP contribution in [-0.2, 0) is 19.1 Å². The Hall–Kier alpha value is -3.95. The number of hydrogen-bond acceptors (Lipinski definition) is 7. The molecule has 174 valence electrons. The molecule has 3 rings (SSSR count). The summed E-state index contributed by atoms with van der Waals surface area (Å²) in [6.45, 7) is 0.502. The Labute approximate surface area is 191 Å². The van der Waals surface area contributed by atoms with Crippen LogP contribution in [0.2, 0.25) is 0 Å². The number of nitrogens with zero attached hydrogens (tertiary/aromatic N) is 2. The number of rotatable bonds is 12. The van der Waals surface area contributed by atoms with Gasteiger partial charge in [0, 0.05) is 25.4 Å². The topological polar surface area (TPSA) is 138 Å². The molecule has 0 spiro atoms. The van der Waals surface area contributed by atoms with E-state index in [0.29, 0.717) is 30.9 Å². The third kappa shape index (κ3) is 7.60. The van der Waals surface area contributed by atoms with Gasteiger partial charge in [0.2, 0.25) is 17.8 Å². The van der Waals surface area contributed by atoms with Crippen LogP contribution in [-0.4, -0.2) is 52.9 Å². The highest BCUT2D eigenvalue weighted by Crippen LogP contribution is 2.16. The van der Waals surface area contributed by atoms with Crippen molar-refractivity contribution in [2.45, 2.75) is 31.7 Å². The van der Waals surface area contributed by atoms with Crippen LogP contribution in [0.5, 0.6) is 0 Å². The van der Waals surface area contributed by atoms with Gasteiger partial charge in [-0.3, -0.25) is 19.4 Å². The van der Waals surface area contributed by atoms with Gasteiger partial charge in [-0.25, -0.2) is 4.98 Å². The number of para-hydroxylation sites is 2. The number of esters is 1. The molecule has 2 heterocycles. The standard InChI is InChI=1S/C23H28N6O4/c1-33-22(32)13-19(16-7-6-11-24-14-16)27-21(31)15-26-20(30)10-4-5-12-25-23-28-17-8-2-3-9-18(17)29-23/h2-3,6-9,11,14,19H,4-5,10,12-13,15H2,1H3,(H,26,30)(H,27,31)(H2,25,28,29)/t19-/m0/s1. The maximum Gasteiger partial charge on any atom is 0.307 e. The number of imidazole rings is 1. The van der Waals surface area contributed by atoms with Gasteiger partial charge < -0.3 is 25.7 Å². The number of ether oxygens (including phenoxy) is 1. The first-order valence-corrected chi connectivity index (χ1v) is 10.8. The van der Waals surface area contributed by atoms with Crippen molar-refractivity contribution in [2.75, 3.05) is 25.5 Å². The van der Waals surface area contributed by atoms with Crippen molar-refractivity contribution in [2.24, 2.45) is 0 Å². The minimum absolute atomic E-state index is 0.0277. The van der Waals surface area contributed by atoms with Gasteiger partial charge in [0.05, 0.1) is 37.2 Å². The van der Waals surface area contributed by atoms with Gasteiger partial charge in [-0.2, -0.15) is 0 Å². The van der Waals surface area contributed by atoms with Crippen LogP contribution in [0.1, 0.15) is 37.3 Å². The van der Waals surface area contributed by atoms with Crippen LogP contribution in [0.4, 0.5) is 5.95 Å². The molecule has 0 aliphatic rings. The van der Waals surface area contributed by atoms with Gasteiger partial charge in [-0.1, -0.05) is 18.2 Å². The van der Waals surface area contributed by atoms with E-state index in [4.69, 9.17) is 4.74 Å². The first-order valence-electron chi connectivity index (χ1n) is 10.8. The van der Waals surface area contributed by atoms with Crippen LogP contribution in [0, 0.1) is 0 Å². The lowest BCUT2D eigenvalue weighted by Crippen LogP contribution is -2.39. The Morgan fingerprint density at radius 2 is 1.94 bits per heavy atom. The SMILES string of the molecule is COC(=O)C[C@H](NC(=O)CNC(=O)CCCCNc1nc2ccccc2[nH]1)c1cccnc1. The number of nitrogens with one attached hydrogen (secondary N) is 4. The van der Waals surface area contributed by atoms with Crippen LogP contribution in [0.3, 0.4) is 0 Å². The number of unbranched alkanes of at least 4 members (excludes halogenated alkanes) is 1. The van der Waals surface area contributed by atoms with Crippen molar-refractivity contribution in [3.05, 3.63) is 54.4 Å². The van der Waals surface area contributed by atoms with Gasteiger partial charge in [0.1, 0.15) is 0 Å². The fraction of sp³-hybridized carbons (Fsp3) is 0.348. The molecule has 0 unspecified atom stereocenters. The van der Waals surface area contributed by atoms with Crippen molar-refractivity contribution in [3.63, 3.8) is 0 Å². The smallest absolute Gasteiger partial charge is 0.307 e. The van der Waals surface area contributed by atoms with E-state index in [-0.39, 0.29) is 18.9 Å². The maximum absolute atomic E-state index is 12.3. The van der Waals surface area contributed by atoms with Crippen LogP contribution < -0.4 is 16.0 Å². The number of carbonyl (C=O) groups excluding carboxylic acids is 3. The fourth-order valence-electron chi connectivity index (χ4n) is 3.25. The normalized spacial score (nSPS) is 11.5. The van der Waals surface area contributed by atoms with Crippen molar-refractivity contribution in [1.82, 2.24) is 25.6 Å². The van der Waals surface area contributed by atoms with Crippen molar-refractivity contribution >= 4 is 34.8 Å². The lowest BCUT2D eigenvalue weighted by Gasteiger charge is -2.18. The second kappa shape index (κ2) is 12.2. The maximum atomic E-state index is 12.3. The highest BCUT2D eigenvalue weighted by Gasteiger charge is 2.19. The summed E-state index contributed by atoms with van der Waals surface area (Å²) in [7, 11) is 1.29. The molecule has 0 fully saturated rings. The quantitative estimate of drug-likeness (QED) is 0.244. The van der Waals surface area contributed by atoms with Gasteiger partial charge >= 0.3 is 5.97 Å². The summed E-state index contributed by atoms with van der Waals surface area (Å²) >= 11 is 0. The molecule has 2 amide bonds. The van der Waals surface area contributed by atoms with E-state index in [1.54, 1.807) is 24.5 Å². The summed E-state index contributed by atoms with van der Waals surface area (Å²) in [5, 5.41) is 8.57. The Kier molecular flexibility index (Phi) is 8.75. The summed E-state index contributed by atoms with van der Waals surface area (Å²) in [6.07, 6.45) is 4.91. The molecule has 0 aliphatic heterocycles. The molecule has 0 saturated heterocycles. The van der Waals surface area contributed by atoms with Crippen molar-refractivity contribution in [1.29, 1.82) is 0 Å². The summed E-state index contributed by atoms with van der Waals surface area (Å²) in [5.74, 6) is -0.357. The van der Waals surface area contributed by atoms with E-state index < -0.39 is 17.9 Å². The Morgan fingerprint density at radius 1 is 1.09 bits per heavy atom. The van der Waals surface area contributed by atoms with E-state index in [9.17, 15) is 14.4 Å². The minimum atomic E-state index is -0.583. The number of H-pyrrole nitrogens is 1. The number of carbonyl (C=O) groups is 3. The first-order chi connectivity index (χ1) is 16.0. The van der Waals surface area contributed by atoms with Crippen LogP contribution in [0.15, 0.2) is 48.8 Å². The van der Waals surface area contributed by atoms with E-state index in [1.165, 1.54) is 7.11 Å². The summed E-state index contributed by atoms with van der Waals surface area (Å²) in [4.78, 5) is 47.7. The molecule has 2 aromatic heterocycles. The van der Waals surface area contributed by atoms with Crippen molar-refractivity contribution in [3.8, 4) is 0 Å². The zero-order chi connectivity index (χ0) is 23.5. The van der Waals surface area contributed by atoms with Crippen molar-refractivity contribution < 1.29 is 19.1 Å². The summed E-state index contributed by atoms with van der Waals surface area (Å²) in [6, 6.07) is 10.7. The number of benzene rings is 1. The van der Waals surface area contributed by atoms with Gasteiger partial charge in [-0.05, 0) is 36.6 Å². The molecular weight excluding hydrogens is 424 g/mol. The lowest BCUT2D eigenvalue weighted by atomic mass is 10.1. The van der Waals surface area contributed by atoms with E-state index in [0.717, 1.165) is 17.5 Å². The average molecular weight is 453 g/mol.